The fourth-order valence-electron chi connectivity index (χ4n) is 2.61. The average molecular weight is 279 g/mol. The number of aromatic amines is 1. The third kappa shape index (κ3) is 4.36. The van der Waals surface area contributed by atoms with E-state index in [9.17, 15) is 14.7 Å². The smallest absolute Gasteiger partial charge is 0.254 e. The van der Waals surface area contributed by atoms with Gasteiger partial charge in [-0.2, -0.15) is 4.98 Å². The molecule has 0 radical (unpaired) electrons. The van der Waals surface area contributed by atoms with Crippen molar-refractivity contribution in [3.8, 4) is 5.88 Å². The van der Waals surface area contributed by atoms with Crippen LogP contribution in [0, 0.1) is 5.92 Å². The Hall–Kier alpha value is -1.85. The van der Waals surface area contributed by atoms with E-state index in [1.807, 2.05) is 0 Å². The summed E-state index contributed by atoms with van der Waals surface area (Å²) >= 11 is 0. The molecule has 1 heterocycles. The van der Waals surface area contributed by atoms with Crippen LogP contribution in [0.3, 0.4) is 0 Å². The van der Waals surface area contributed by atoms with Gasteiger partial charge >= 0.3 is 0 Å². The molecular weight excluding hydrogens is 258 g/mol. The second-order valence-corrected chi connectivity index (χ2v) is 5.31. The molecule has 1 saturated carbocycles. The lowest BCUT2D eigenvalue weighted by Gasteiger charge is -2.18. The fourth-order valence-corrected chi connectivity index (χ4v) is 2.61. The number of hydrogen-bond donors (Lipinski definition) is 3. The Morgan fingerprint density at radius 3 is 2.60 bits per heavy atom. The second-order valence-electron chi connectivity index (χ2n) is 5.31. The lowest BCUT2D eigenvalue weighted by molar-refractivity contribution is -0.125. The molecule has 6 heteroatoms. The summed E-state index contributed by atoms with van der Waals surface area (Å²) in [5, 5.41) is 12.0. The first-order valence-corrected chi connectivity index (χ1v) is 7.22. The van der Waals surface area contributed by atoms with Gasteiger partial charge in [-0.3, -0.25) is 9.59 Å². The number of carbonyl (C=O) groups excluding carboxylic acids is 1. The Morgan fingerprint density at radius 1 is 1.30 bits per heavy atom. The maximum Gasteiger partial charge on any atom is 0.254 e. The molecule has 0 bridgehead atoms. The van der Waals surface area contributed by atoms with Crippen molar-refractivity contribution in [2.75, 3.05) is 0 Å². The maximum absolute atomic E-state index is 12.1. The third-order valence-corrected chi connectivity index (χ3v) is 3.68. The normalized spacial score (nSPS) is 17.2. The van der Waals surface area contributed by atoms with Gasteiger partial charge in [-0.25, -0.2) is 0 Å². The molecule has 0 unspecified atom stereocenters. The summed E-state index contributed by atoms with van der Waals surface area (Å²) in [5.41, 5.74) is -0.423. The SMILES string of the molecule is O=C(NCc1nc(O)cc(=O)[nH]1)C1CCCCCCC1. The number of nitrogens with zero attached hydrogens (tertiary/aromatic N) is 1. The lowest BCUT2D eigenvalue weighted by atomic mass is 9.90. The first kappa shape index (κ1) is 14.6. The largest absolute Gasteiger partial charge is 0.493 e. The van der Waals surface area contributed by atoms with Crippen molar-refractivity contribution in [2.24, 2.45) is 5.92 Å². The zero-order chi connectivity index (χ0) is 14.4. The van der Waals surface area contributed by atoms with Gasteiger partial charge in [0.05, 0.1) is 12.6 Å². The molecule has 0 saturated heterocycles. The molecule has 0 spiro atoms. The predicted octanol–water partition coefficient (Wildman–Crippen LogP) is 1.45. The summed E-state index contributed by atoms with van der Waals surface area (Å²) in [7, 11) is 0. The van der Waals surface area contributed by atoms with Crippen molar-refractivity contribution < 1.29 is 9.90 Å². The van der Waals surface area contributed by atoms with E-state index in [4.69, 9.17) is 0 Å². The highest BCUT2D eigenvalue weighted by Gasteiger charge is 2.19. The molecule has 1 aromatic rings. The van der Waals surface area contributed by atoms with E-state index < -0.39 is 5.56 Å². The minimum absolute atomic E-state index is 0.0119. The molecule has 1 aromatic heterocycles. The van der Waals surface area contributed by atoms with Crippen LogP contribution in [0.1, 0.15) is 50.8 Å². The molecule has 1 amide bonds. The van der Waals surface area contributed by atoms with E-state index in [1.54, 1.807) is 0 Å². The summed E-state index contributed by atoms with van der Waals surface area (Å²) in [5.74, 6) is 0.00960. The number of rotatable bonds is 3. The molecule has 2 rings (SSSR count). The van der Waals surface area contributed by atoms with E-state index in [0.717, 1.165) is 31.7 Å². The van der Waals surface area contributed by atoms with Crippen molar-refractivity contribution in [2.45, 2.75) is 51.5 Å². The van der Waals surface area contributed by atoms with Gasteiger partial charge in [-0.05, 0) is 12.8 Å². The lowest BCUT2D eigenvalue weighted by Crippen LogP contribution is -2.31. The number of H-pyrrole nitrogens is 1. The number of aromatic hydroxyl groups is 1. The van der Waals surface area contributed by atoms with Crippen molar-refractivity contribution >= 4 is 5.91 Å². The van der Waals surface area contributed by atoms with Gasteiger partial charge in [0.1, 0.15) is 5.82 Å². The first-order valence-electron chi connectivity index (χ1n) is 7.22. The molecule has 1 aliphatic rings. The molecule has 3 N–H and O–H groups in total. The highest BCUT2D eigenvalue weighted by molar-refractivity contribution is 5.78. The summed E-state index contributed by atoms with van der Waals surface area (Å²) in [6.45, 7) is 0.138. The zero-order valence-corrected chi connectivity index (χ0v) is 11.5. The topological polar surface area (TPSA) is 95.1 Å². The quantitative estimate of drug-likeness (QED) is 0.780. The Balaban J connectivity index is 1.88. The number of aromatic nitrogens is 2. The zero-order valence-electron chi connectivity index (χ0n) is 11.5. The average Bonchev–Trinajstić information content (AvgIpc) is 2.34. The molecule has 0 atom stereocenters. The Labute approximate surface area is 117 Å². The van der Waals surface area contributed by atoms with E-state index in [2.05, 4.69) is 15.3 Å². The van der Waals surface area contributed by atoms with Crippen molar-refractivity contribution in [3.05, 3.63) is 22.2 Å². The summed E-state index contributed by atoms with van der Waals surface area (Å²) in [4.78, 5) is 29.5. The predicted molar refractivity (Wildman–Crippen MR) is 74.2 cm³/mol. The van der Waals surface area contributed by atoms with Crippen LogP contribution in [0.2, 0.25) is 0 Å². The molecular formula is C14H21N3O3. The van der Waals surface area contributed by atoms with Gasteiger partial charge in [-0.15, -0.1) is 0 Å². The highest BCUT2D eigenvalue weighted by atomic mass is 16.3. The van der Waals surface area contributed by atoms with E-state index in [-0.39, 0.29) is 30.1 Å². The molecule has 1 aliphatic carbocycles. The van der Waals surface area contributed by atoms with Gasteiger partial charge in [0.15, 0.2) is 0 Å². The maximum atomic E-state index is 12.1. The number of nitrogens with one attached hydrogen (secondary N) is 2. The molecule has 6 nitrogen and oxygen atoms in total. The van der Waals surface area contributed by atoms with Gasteiger partial charge in [0, 0.05) is 5.92 Å². The molecule has 110 valence electrons. The van der Waals surface area contributed by atoms with Crippen LogP contribution in [0.5, 0.6) is 5.88 Å². The number of hydrogen-bond acceptors (Lipinski definition) is 4. The van der Waals surface area contributed by atoms with Crippen LogP contribution in [0.15, 0.2) is 10.9 Å². The van der Waals surface area contributed by atoms with Crippen molar-refractivity contribution in [1.82, 2.24) is 15.3 Å². The highest BCUT2D eigenvalue weighted by Crippen LogP contribution is 2.22. The first-order chi connectivity index (χ1) is 9.65. The van der Waals surface area contributed by atoms with Gasteiger partial charge in [0.2, 0.25) is 11.8 Å². The summed E-state index contributed by atoms with van der Waals surface area (Å²) in [6.07, 6.45) is 7.71. The monoisotopic (exact) mass is 279 g/mol. The van der Waals surface area contributed by atoms with E-state index in [1.165, 1.54) is 19.3 Å². The van der Waals surface area contributed by atoms with Crippen LogP contribution in [-0.2, 0) is 11.3 Å². The van der Waals surface area contributed by atoms with Gasteiger partial charge in [-0.1, -0.05) is 32.1 Å². The van der Waals surface area contributed by atoms with E-state index in [0.29, 0.717) is 0 Å². The Kier molecular flexibility index (Phi) is 5.15. The van der Waals surface area contributed by atoms with Crippen LogP contribution >= 0.6 is 0 Å². The summed E-state index contributed by atoms with van der Waals surface area (Å²) in [6, 6.07) is 1.00. The van der Waals surface area contributed by atoms with Crippen LogP contribution in [0.25, 0.3) is 0 Å². The van der Waals surface area contributed by atoms with Crippen LogP contribution in [0.4, 0.5) is 0 Å². The van der Waals surface area contributed by atoms with Crippen molar-refractivity contribution in [3.63, 3.8) is 0 Å². The molecule has 0 aromatic carbocycles. The standard InChI is InChI=1S/C14H21N3O3/c18-12-8-13(19)17-11(16-12)9-15-14(20)10-6-4-2-1-3-5-7-10/h8,10H,1-7,9H2,(H,15,20)(H2,16,17,18,19). The second kappa shape index (κ2) is 7.07. The van der Waals surface area contributed by atoms with Crippen LogP contribution < -0.4 is 10.9 Å². The fraction of sp³-hybridized carbons (Fsp3) is 0.643. The molecule has 20 heavy (non-hydrogen) atoms. The molecule has 1 fully saturated rings. The Bertz CT molecular complexity index is 505. The third-order valence-electron chi connectivity index (χ3n) is 3.68. The van der Waals surface area contributed by atoms with Crippen molar-refractivity contribution in [1.29, 1.82) is 0 Å². The number of carbonyl (C=O) groups is 1. The minimum atomic E-state index is -0.423. The van der Waals surface area contributed by atoms with Gasteiger partial charge < -0.3 is 15.4 Å². The Morgan fingerprint density at radius 2 is 1.95 bits per heavy atom. The van der Waals surface area contributed by atoms with Gasteiger partial charge in [0.25, 0.3) is 5.56 Å². The van der Waals surface area contributed by atoms with E-state index >= 15 is 0 Å². The summed E-state index contributed by atoms with van der Waals surface area (Å²) < 4.78 is 0. The molecule has 0 aliphatic heterocycles. The number of amides is 1. The van der Waals surface area contributed by atoms with Crippen LogP contribution in [-0.4, -0.2) is 21.0 Å². The minimum Gasteiger partial charge on any atom is -0.493 e.